The Labute approximate surface area is 130 Å². The molecule has 0 radical (unpaired) electrons. The molecule has 3 rings (SSSR count). The van der Waals surface area contributed by atoms with Crippen LogP contribution in [-0.2, 0) is 0 Å². The van der Waals surface area contributed by atoms with Crippen LogP contribution in [0.15, 0.2) is 42.9 Å². The maximum Gasteiger partial charge on any atom is 0.257 e. The van der Waals surface area contributed by atoms with Crippen molar-refractivity contribution in [1.29, 1.82) is 0 Å². The van der Waals surface area contributed by atoms with Crippen molar-refractivity contribution in [2.24, 2.45) is 0 Å². The Morgan fingerprint density at radius 3 is 2.64 bits per heavy atom. The monoisotopic (exact) mass is 296 g/mol. The van der Waals surface area contributed by atoms with Gasteiger partial charge in [0.25, 0.3) is 5.91 Å². The normalized spacial score (nSPS) is 15.3. The van der Waals surface area contributed by atoms with Gasteiger partial charge in [-0.25, -0.2) is 4.98 Å². The van der Waals surface area contributed by atoms with E-state index in [0.29, 0.717) is 17.3 Å². The zero-order chi connectivity index (χ0) is 15.2. The Morgan fingerprint density at radius 1 is 1.09 bits per heavy atom. The van der Waals surface area contributed by atoms with Gasteiger partial charge in [-0.15, -0.1) is 0 Å². The maximum absolute atomic E-state index is 12.0. The number of amides is 1. The van der Waals surface area contributed by atoms with E-state index in [1.54, 1.807) is 30.7 Å². The highest BCUT2D eigenvalue weighted by atomic mass is 16.1. The van der Waals surface area contributed by atoms with Gasteiger partial charge in [0, 0.05) is 18.4 Å². The Morgan fingerprint density at radius 2 is 1.95 bits per heavy atom. The van der Waals surface area contributed by atoms with E-state index in [0.717, 1.165) is 5.82 Å². The summed E-state index contributed by atoms with van der Waals surface area (Å²) in [6.45, 7) is 0. The third kappa shape index (κ3) is 3.81. The number of hydrogen-bond acceptors (Lipinski definition) is 4. The van der Waals surface area contributed by atoms with Crippen molar-refractivity contribution in [2.45, 2.75) is 38.1 Å². The molecule has 0 aromatic carbocycles. The molecule has 5 heteroatoms. The van der Waals surface area contributed by atoms with Crippen LogP contribution in [0, 0.1) is 0 Å². The van der Waals surface area contributed by atoms with Gasteiger partial charge in [0.15, 0.2) is 0 Å². The van der Waals surface area contributed by atoms with E-state index in [9.17, 15) is 4.79 Å². The molecule has 0 aliphatic heterocycles. The van der Waals surface area contributed by atoms with Crippen molar-refractivity contribution in [3.63, 3.8) is 0 Å². The molecule has 0 atom stereocenters. The van der Waals surface area contributed by atoms with Crippen molar-refractivity contribution >= 4 is 17.4 Å². The molecule has 1 amide bonds. The summed E-state index contributed by atoms with van der Waals surface area (Å²) in [6.07, 6.45) is 11.2. The molecule has 0 bridgehead atoms. The number of nitrogens with zero attached hydrogens (tertiary/aromatic N) is 2. The first-order valence-electron chi connectivity index (χ1n) is 7.75. The van der Waals surface area contributed by atoms with E-state index in [1.165, 1.54) is 32.1 Å². The predicted molar refractivity (Wildman–Crippen MR) is 86.9 cm³/mol. The van der Waals surface area contributed by atoms with Gasteiger partial charge in [0.2, 0.25) is 0 Å². The van der Waals surface area contributed by atoms with E-state index in [1.807, 2.05) is 12.1 Å². The lowest BCUT2D eigenvalue weighted by atomic mass is 9.95. The molecule has 22 heavy (non-hydrogen) atoms. The van der Waals surface area contributed by atoms with Gasteiger partial charge < -0.3 is 10.6 Å². The summed E-state index contributed by atoms with van der Waals surface area (Å²) >= 11 is 0. The number of carbonyl (C=O) groups excluding carboxylic acids is 1. The standard InChI is InChI=1S/C17H20N4O/c22-17(13-5-4-10-18-11-13)21-15-8-9-16(19-12-15)20-14-6-2-1-3-7-14/h4-5,8-12,14H,1-3,6-7H2,(H,19,20)(H,21,22). The van der Waals surface area contributed by atoms with Crippen LogP contribution in [0.4, 0.5) is 11.5 Å². The van der Waals surface area contributed by atoms with Crippen molar-refractivity contribution in [2.75, 3.05) is 10.6 Å². The lowest BCUT2D eigenvalue weighted by Crippen LogP contribution is -2.22. The fourth-order valence-corrected chi connectivity index (χ4v) is 2.71. The Balaban J connectivity index is 1.58. The number of aromatic nitrogens is 2. The number of nitrogens with one attached hydrogen (secondary N) is 2. The minimum absolute atomic E-state index is 0.178. The van der Waals surface area contributed by atoms with Crippen LogP contribution < -0.4 is 10.6 Å². The van der Waals surface area contributed by atoms with Crippen molar-refractivity contribution in [3.05, 3.63) is 48.4 Å². The zero-order valence-corrected chi connectivity index (χ0v) is 12.5. The Kier molecular flexibility index (Phi) is 4.63. The molecule has 2 aromatic rings. The molecule has 0 spiro atoms. The van der Waals surface area contributed by atoms with Crippen LogP contribution in [0.2, 0.25) is 0 Å². The lowest BCUT2D eigenvalue weighted by molar-refractivity contribution is 0.102. The van der Waals surface area contributed by atoms with Crippen LogP contribution in [0.1, 0.15) is 42.5 Å². The van der Waals surface area contributed by atoms with Crippen molar-refractivity contribution in [3.8, 4) is 0 Å². The smallest absolute Gasteiger partial charge is 0.257 e. The summed E-state index contributed by atoms with van der Waals surface area (Å²) in [5.74, 6) is 0.689. The van der Waals surface area contributed by atoms with Gasteiger partial charge in [0.05, 0.1) is 17.4 Å². The summed E-state index contributed by atoms with van der Waals surface area (Å²) in [4.78, 5) is 20.3. The van der Waals surface area contributed by atoms with E-state index >= 15 is 0 Å². The highest BCUT2D eigenvalue weighted by Gasteiger charge is 2.13. The number of hydrogen-bond donors (Lipinski definition) is 2. The number of pyridine rings is 2. The van der Waals surface area contributed by atoms with E-state index < -0.39 is 0 Å². The first-order valence-corrected chi connectivity index (χ1v) is 7.75. The molecule has 0 saturated heterocycles. The second kappa shape index (κ2) is 7.02. The first-order chi connectivity index (χ1) is 10.8. The lowest BCUT2D eigenvalue weighted by Gasteiger charge is -2.23. The third-order valence-corrected chi connectivity index (χ3v) is 3.90. The van der Waals surface area contributed by atoms with Crippen molar-refractivity contribution < 1.29 is 4.79 Å². The zero-order valence-electron chi connectivity index (χ0n) is 12.5. The second-order valence-corrected chi connectivity index (χ2v) is 5.61. The molecule has 1 aliphatic carbocycles. The summed E-state index contributed by atoms with van der Waals surface area (Å²) in [5.41, 5.74) is 1.22. The SMILES string of the molecule is O=C(Nc1ccc(NC2CCCCC2)nc1)c1cccnc1. The van der Waals surface area contributed by atoms with Gasteiger partial charge in [-0.3, -0.25) is 9.78 Å². The van der Waals surface area contributed by atoms with Crippen LogP contribution in [0.25, 0.3) is 0 Å². The van der Waals surface area contributed by atoms with E-state index in [4.69, 9.17) is 0 Å². The third-order valence-electron chi connectivity index (χ3n) is 3.90. The second-order valence-electron chi connectivity index (χ2n) is 5.61. The van der Waals surface area contributed by atoms with Crippen LogP contribution in [-0.4, -0.2) is 21.9 Å². The van der Waals surface area contributed by atoms with Gasteiger partial charge in [-0.2, -0.15) is 0 Å². The largest absolute Gasteiger partial charge is 0.367 e. The van der Waals surface area contributed by atoms with Crippen molar-refractivity contribution in [1.82, 2.24) is 9.97 Å². The first kappa shape index (κ1) is 14.5. The number of rotatable bonds is 4. The highest BCUT2D eigenvalue weighted by Crippen LogP contribution is 2.21. The van der Waals surface area contributed by atoms with Gasteiger partial charge in [-0.1, -0.05) is 19.3 Å². The van der Waals surface area contributed by atoms with Gasteiger partial charge >= 0.3 is 0 Å². The Hall–Kier alpha value is -2.43. The predicted octanol–water partition coefficient (Wildman–Crippen LogP) is 3.47. The number of carbonyl (C=O) groups is 1. The van der Waals surface area contributed by atoms with E-state index in [-0.39, 0.29) is 5.91 Å². The molecule has 1 aliphatic rings. The van der Waals surface area contributed by atoms with Crippen LogP contribution in [0.3, 0.4) is 0 Å². The topological polar surface area (TPSA) is 66.9 Å². The molecule has 2 aromatic heterocycles. The molecule has 114 valence electrons. The van der Waals surface area contributed by atoms with Crippen LogP contribution in [0.5, 0.6) is 0 Å². The fourth-order valence-electron chi connectivity index (χ4n) is 2.71. The molecule has 1 fully saturated rings. The number of anilines is 2. The Bertz CT molecular complexity index is 606. The molecule has 0 unspecified atom stereocenters. The molecule has 2 N–H and O–H groups in total. The molecule has 5 nitrogen and oxygen atoms in total. The van der Waals surface area contributed by atoms with Crippen LogP contribution >= 0.6 is 0 Å². The average molecular weight is 296 g/mol. The average Bonchev–Trinajstić information content (AvgIpc) is 2.58. The minimum atomic E-state index is -0.178. The summed E-state index contributed by atoms with van der Waals surface area (Å²) in [5, 5.41) is 6.28. The molecule has 2 heterocycles. The highest BCUT2D eigenvalue weighted by molar-refractivity contribution is 6.03. The minimum Gasteiger partial charge on any atom is -0.367 e. The maximum atomic E-state index is 12.0. The summed E-state index contributed by atoms with van der Waals surface area (Å²) in [7, 11) is 0. The fraction of sp³-hybridized carbons (Fsp3) is 0.353. The molecular weight excluding hydrogens is 276 g/mol. The summed E-state index contributed by atoms with van der Waals surface area (Å²) < 4.78 is 0. The summed E-state index contributed by atoms with van der Waals surface area (Å²) in [6, 6.07) is 7.77. The quantitative estimate of drug-likeness (QED) is 0.906. The van der Waals surface area contributed by atoms with E-state index in [2.05, 4.69) is 20.6 Å². The molecule has 1 saturated carbocycles. The van der Waals surface area contributed by atoms with Gasteiger partial charge in [0.1, 0.15) is 5.82 Å². The molecular formula is C17H20N4O. The van der Waals surface area contributed by atoms with Gasteiger partial charge in [-0.05, 0) is 37.1 Å².